The Morgan fingerprint density at radius 2 is 1.81 bits per heavy atom. The van der Waals surface area contributed by atoms with E-state index in [1.807, 2.05) is 52.3 Å². The summed E-state index contributed by atoms with van der Waals surface area (Å²) in [6.07, 6.45) is 3.16. The number of anilines is 1. The second kappa shape index (κ2) is 7.54. The number of urea groups is 1. The summed E-state index contributed by atoms with van der Waals surface area (Å²) in [7, 11) is 1.68. The second-order valence-electron chi connectivity index (χ2n) is 7.76. The molecule has 2 saturated heterocycles. The van der Waals surface area contributed by atoms with Crippen LogP contribution in [0.1, 0.15) is 5.56 Å². The van der Waals surface area contributed by atoms with Crippen molar-refractivity contribution >= 4 is 29.7 Å². The Morgan fingerprint density at radius 1 is 1.06 bits per heavy atom. The van der Waals surface area contributed by atoms with Crippen molar-refractivity contribution in [3.05, 3.63) is 72.1 Å². The van der Waals surface area contributed by atoms with Crippen molar-refractivity contribution in [3.63, 3.8) is 0 Å². The number of hydrogen-bond acceptors (Lipinski definition) is 5. The zero-order chi connectivity index (χ0) is 21.5. The minimum Gasteiger partial charge on any atom is -0.325 e. The van der Waals surface area contributed by atoms with E-state index in [0.717, 1.165) is 11.3 Å². The third-order valence-electron chi connectivity index (χ3n) is 5.91. The molecule has 3 amide bonds. The highest BCUT2D eigenvalue weighted by Gasteiger charge is 2.54. The molecule has 0 N–H and O–H groups in total. The van der Waals surface area contributed by atoms with Crippen LogP contribution < -0.4 is 4.90 Å². The number of halogens is 1. The molecular weight excluding hydrogens is 397 g/mol. The summed E-state index contributed by atoms with van der Waals surface area (Å²) >= 11 is 0. The van der Waals surface area contributed by atoms with E-state index in [0.29, 0.717) is 19.0 Å². The zero-order valence-electron chi connectivity index (χ0n) is 17.1. The van der Waals surface area contributed by atoms with Gasteiger partial charge in [0.05, 0.1) is 0 Å². The second-order valence-corrected chi connectivity index (χ2v) is 7.76. The Labute approximate surface area is 179 Å². The highest BCUT2D eigenvalue weighted by atomic mass is 19.1. The van der Waals surface area contributed by atoms with E-state index < -0.39 is 12.2 Å². The van der Waals surface area contributed by atoms with Gasteiger partial charge in [0.15, 0.2) is 12.2 Å². The number of likely N-dealkylation sites (N-methyl/N-ethyl adjacent to an activating group) is 1. The van der Waals surface area contributed by atoms with Crippen molar-refractivity contribution in [3.8, 4) is 0 Å². The van der Waals surface area contributed by atoms with E-state index in [2.05, 4.69) is 0 Å². The molecule has 3 aliphatic heterocycles. The normalized spacial score (nSPS) is 23.0. The lowest BCUT2D eigenvalue weighted by Gasteiger charge is -2.40. The van der Waals surface area contributed by atoms with Crippen LogP contribution in [0.3, 0.4) is 0 Å². The van der Waals surface area contributed by atoms with Crippen LogP contribution >= 0.6 is 0 Å². The first-order chi connectivity index (χ1) is 15.0. The minimum atomic E-state index is -0.562. The number of hydrogen-bond donors (Lipinski definition) is 0. The maximum absolute atomic E-state index is 13.3. The first kappa shape index (κ1) is 19.3. The predicted octanol–water partition coefficient (Wildman–Crippen LogP) is 2.62. The Morgan fingerprint density at radius 3 is 2.55 bits per heavy atom. The summed E-state index contributed by atoms with van der Waals surface area (Å²) in [4.78, 5) is 37.6. The van der Waals surface area contributed by atoms with Crippen LogP contribution in [-0.4, -0.2) is 71.5 Å². The Hall–Kier alpha value is -3.68. The number of nitrogens with zero attached hydrogens (tertiary/aromatic N) is 5. The lowest BCUT2D eigenvalue weighted by molar-refractivity contribution is -0.136. The Bertz CT molecular complexity index is 1070. The Kier molecular flexibility index (Phi) is 4.69. The third kappa shape index (κ3) is 3.24. The SMILES string of the molecule is CN1C(=O)N(C/C=C/c2ccccc2)C(=O)C2C1N=C1N(c3ccc(F)cc3)CCN12. The molecule has 0 radical (unpaired) electrons. The highest BCUT2D eigenvalue weighted by molar-refractivity contribution is 6.08. The molecule has 2 unspecified atom stereocenters. The Balaban J connectivity index is 1.37. The van der Waals surface area contributed by atoms with E-state index >= 15 is 0 Å². The highest BCUT2D eigenvalue weighted by Crippen LogP contribution is 2.33. The average molecular weight is 419 g/mol. The van der Waals surface area contributed by atoms with Crippen molar-refractivity contribution in [2.24, 2.45) is 4.99 Å². The maximum Gasteiger partial charge on any atom is 0.328 e. The molecule has 3 heterocycles. The molecule has 0 saturated carbocycles. The van der Waals surface area contributed by atoms with Crippen LogP contribution in [-0.2, 0) is 4.79 Å². The number of fused-ring (bicyclic) bond motifs is 3. The fourth-order valence-corrected chi connectivity index (χ4v) is 4.33. The van der Waals surface area contributed by atoms with Crippen LogP contribution in [0, 0.1) is 5.82 Å². The summed E-state index contributed by atoms with van der Waals surface area (Å²) in [5.74, 6) is 0.100. The summed E-state index contributed by atoms with van der Waals surface area (Å²) in [5.41, 5.74) is 1.82. The number of benzene rings is 2. The lowest BCUT2D eigenvalue weighted by Crippen LogP contribution is -2.64. The smallest absolute Gasteiger partial charge is 0.325 e. The van der Waals surface area contributed by atoms with Crippen LogP contribution in [0.4, 0.5) is 14.9 Å². The van der Waals surface area contributed by atoms with Gasteiger partial charge in [0.25, 0.3) is 5.91 Å². The zero-order valence-corrected chi connectivity index (χ0v) is 17.1. The maximum atomic E-state index is 13.3. The summed E-state index contributed by atoms with van der Waals surface area (Å²) < 4.78 is 13.3. The molecule has 3 aliphatic rings. The van der Waals surface area contributed by atoms with Gasteiger partial charge in [-0.1, -0.05) is 42.5 Å². The summed E-state index contributed by atoms with van der Waals surface area (Å²) in [6, 6.07) is 15.0. The number of aliphatic imine (C=N–C) groups is 1. The van der Waals surface area contributed by atoms with E-state index in [-0.39, 0.29) is 24.3 Å². The summed E-state index contributed by atoms with van der Waals surface area (Å²) in [5, 5.41) is 0. The van der Waals surface area contributed by atoms with Crippen LogP contribution in [0.2, 0.25) is 0 Å². The molecule has 0 spiro atoms. The van der Waals surface area contributed by atoms with Gasteiger partial charge < -0.3 is 14.7 Å². The molecule has 31 heavy (non-hydrogen) atoms. The first-order valence-electron chi connectivity index (χ1n) is 10.2. The number of imide groups is 1. The largest absolute Gasteiger partial charge is 0.328 e. The van der Waals surface area contributed by atoms with Crippen molar-refractivity contribution in [1.82, 2.24) is 14.7 Å². The van der Waals surface area contributed by atoms with Gasteiger partial charge in [-0.2, -0.15) is 0 Å². The summed E-state index contributed by atoms with van der Waals surface area (Å²) in [6.45, 7) is 1.45. The molecule has 0 aromatic heterocycles. The van der Waals surface area contributed by atoms with Crippen molar-refractivity contribution in [1.29, 1.82) is 0 Å². The molecule has 7 nitrogen and oxygen atoms in total. The number of carbonyl (C=O) groups is 2. The van der Waals surface area contributed by atoms with E-state index in [9.17, 15) is 14.0 Å². The monoisotopic (exact) mass is 419 g/mol. The molecule has 8 heteroatoms. The van der Waals surface area contributed by atoms with Crippen LogP contribution in [0.25, 0.3) is 6.08 Å². The van der Waals surface area contributed by atoms with E-state index in [1.165, 1.54) is 21.9 Å². The fraction of sp³-hybridized carbons (Fsp3) is 0.261. The van der Waals surface area contributed by atoms with E-state index in [4.69, 9.17) is 4.99 Å². The van der Waals surface area contributed by atoms with Gasteiger partial charge in [-0.3, -0.25) is 9.69 Å². The molecule has 5 rings (SSSR count). The van der Waals surface area contributed by atoms with Crippen LogP contribution in [0.5, 0.6) is 0 Å². The molecule has 2 fully saturated rings. The number of rotatable bonds is 4. The molecule has 2 atom stereocenters. The van der Waals surface area contributed by atoms with E-state index in [1.54, 1.807) is 19.2 Å². The van der Waals surface area contributed by atoms with Crippen LogP contribution in [0.15, 0.2) is 65.7 Å². The fourth-order valence-electron chi connectivity index (χ4n) is 4.33. The number of guanidine groups is 1. The topological polar surface area (TPSA) is 59.5 Å². The molecule has 0 aliphatic carbocycles. The molecule has 2 aromatic carbocycles. The van der Waals surface area contributed by atoms with Gasteiger partial charge in [0.1, 0.15) is 5.82 Å². The first-order valence-corrected chi connectivity index (χ1v) is 10.2. The van der Waals surface area contributed by atoms with Gasteiger partial charge >= 0.3 is 6.03 Å². The van der Waals surface area contributed by atoms with Gasteiger partial charge in [0.2, 0.25) is 5.96 Å². The van der Waals surface area contributed by atoms with Crippen molar-refractivity contribution in [2.75, 3.05) is 31.6 Å². The number of amides is 3. The predicted molar refractivity (Wildman–Crippen MR) is 116 cm³/mol. The molecule has 0 bridgehead atoms. The van der Waals surface area contributed by atoms with Crippen molar-refractivity contribution < 1.29 is 14.0 Å². The quantitative estimate of drug-likeness (QED) is 0.765. The average Bonchev–Trinajstić information content (AvgIpc) is 3.35. The number of carbonyl (C=O) groups excluding carboxylic acids is 2. The van der Waals surface area contributed by atoms with Crippen molar-refractivity contribution in [2.45, 2.75) is 12.2 Å². The van der Waals surface area contributed by atoms with Gasteiger partial charge in [-0.15, -0.1) is 0 Å². The van der Waals surface area contributed by atoms with Gasteiger partial charge in [-0.25, -0.2) is 14.2 Å². The van der Waals surface area contributed by atoms with Gasteiger partial charge in [-0.05, 0) is 29.8 Å². The standard InChI is InChI=1S/C23H22FN5O2/c1-26-20-19(21(30)29(23(26)31)13-5-8-16-6-3-2-4-7-16)28-15-14-27(22(28)25-20)18-11-9-17(24)10-12-18/h2-12,19-20H,13-15H2,1H3/b8-5+. The lowest BCUT2D eigenvalue weighted by atomic mass is 10.1. The molecule has 158 valence electrons. The third-order valence-corrected chi connectivity index (χ3v) is 5.91. The minimum absolute atomic E-state index is 0.199. The van der Waals surface area contributed by atoms with Gasteiger partial charge in [0, 0.05) is 32.4 Å². The molecular formula is C23H22FN5O2. The molecule has 2 aromatic rings.